The first-order chi connectivity index (χ1) is 17.3. The van der Waals surface area contributed by atoms with E-state index in [1.54, 1.807) is 61.7 Å². The molecular formula is C25H26BrN3O6S. The van der Waals surface area contributed by atoms with Crippen molar-refractivity contribution in [2.24, 2.45) is 5.10 Å². The molecule has 0 spiro atoms. The Bertz CT molecular complexity index is 1310. The van der Waals surface area contributed by atoms with Gasteiger partial charge in [0.15, 0.2) is 0 Å². The van der Waals surface area contributed by atoms with E-state index in [1.165, 1.54) is 25.5 Å². The van der Waals surface area contributed by atoms with Gasteiger partial charge in [-0.25, -0.2) is 13.8 Å². The molecule has 0 aliphatic carbocycles. The SMILES string of the molecule is CCOc1ccc(N(CC(=O)N/N=C\c2ccc(OC)cc2OC)S(=O)(=O)c2ccc(Br)cc2)cc1. The molecule has 36 heavy (non-hydrogen) atoms. The van der Waals surface area contributed by atoms with Gasteiger partial charge in [-0.15, -0.1) is 0 Å². The number of nitrogens with zero attached hydrogens (tertiary/aromatic N) is 2. The molecule has 3 aromatic rings. The first-order valence-electron chi connectivity index (χ1n) is 10.8. The first-order valence-corrected chi connectivity index (χ1v) is 13.1. The highest BCUT2D eigenvalue weighted by Crippen LogP contribution is 2.27. The fraction of sp³-hybridized carbons (Fsp3) is 0.200. The number of anilines is 1. The van der Waals surface area contributed by atoms with E-state index in [-0.39, 0.29) is 4.90 Å². The molecule has 0 aliphatic heterocycles. The molecule has 0 atom stereocenters. The monoisotopic (exact) mass is 575 g/mol. The van der Waals surface area contributed by atoms with Crippen molar-refractivity contribution in [3.8, 4) is 17.2 Å². The smallest absolute Gasteiger partial charge is 0.264 e. The summed E-state index contributed by atoms with van der Waals surface area (Å²) < 4.78 is 44.6. The second kappa shape index (κ2) is 12.4. The summed E-state index contributed by atoms with van der Waals surface area (Å²) in [6, 6.07) is 17.8. The van der Waals surface area contributed by atoms with E-state index >= 15 is 0 Å². The van der Waals surface area contributed by atoms with Crippen molar-refractivity contribution in [3.05, 3.63) is 76.8 Å². The van der Waals surface area contributed by atoms with Gasteiger partial charge < -0.3 is 14.2 Å². The molecule has 3 rings (SSSR count). The molecule has 0 saturated carbocycles. The maximum atomic E-state index is 13.5. The van der Waals surface area contributed by atoms with Gasteiger partial charge in [0.1, 0.15) is 23.8 Å². The lowest BCUT2D eigenvalue weighted by molar-refractivity contribution is -0.119. The van der Waals surface area contributed by atoms with Crippen LogP contribution in [0.4, 0.5) is 5.69 Å². The van der Waals surface area contributed by atoms with Crippen LogP contribution in [0.25, 0.3) is 0 Å². The highest BCUT2D eigenvalue weighted by atomic mass is 79.9. The van der Waals surface area contributed by atoms with Crippen molar-refractivity contribution in [1.29, 1.82) is 0 Å². The van der Waals surface area contributed by atoms with Gasteiger partial charge in [-0.05, 0) is 67.6 Å². The van der Waals surface area contributed by atoms with Crippen molar-refractivity contribution < 1.29 is 27.4 Å². The van der Waals surface area contributed by atoms with Crippen molar-refractivity contribution in [1.82, 2.24) is 5.43 Å². The molecule has 11 heteroatoms. The number of nitrogens with one attached hydrogen (secondary N) is 1. The number of benzene rings is 3. The molecule has 0 saturated heterocycles. The van der Waals surface area contributed by atoms with Crippen LogP contribution in [0.5, 0.6) is 17.2 Å². The van der Waals surface area contributed by atoms with Crippen LogP contribution >= 0.6 is 15.9 Å². The van der Waals surface area contributed by atoms with Gasteiger partial charge in [-0.3, -0.25) is 9.10 Å². The van der Waals surface area contributed by atoms with E-state index in [9.17, 15) is 13.2 Å². The minimum Gasteiger partial charge on any atom is -0.497 e. The summed E-state index contributed by atoms with van der Waals surface area (Å²) in [4.78, 5) is 12.8. The Morgan fingerprint density at radius 3 is 2.28 bits per heavy atom. The number of rotatable bonds is 11. The molecule has 0 aromatic heterocycles. The fourth-order valence-electron chi connectivity index (χ4n) is 3.19. The number of hydrazone groups is 1. The number of hydrogen-bond donors (Lipinski definition) is 1. The minimum atomic E-state index is -4.06. The predicted molar refractivity (Wildman–Crippen MR) is 142 cm³/mol. The molecule has 0 heterocycles. The van der Waals surface area contributed by atoms with E-state index in [0.717, 1.165) is 8.78 Å². The highest BCUT2D eigenvalue weighted by molar-refractivity contribution is 9.10. The summed E-state index contributed by atoms with van der Waals surface area (Å²) in [6.07, 6.45) is 1.40. The zero-order chi connectivity index (χ0) is 26.1. The molecule has 0 radical (unpaired) electrons. The van der Waals surface area contributed by atoms with Gasteiger partial charge in [0.25, 0.3) is 15.9 Å². The average Bonchev–Trinajstić information content (AvgIpc) is 2.88. The van der Waals surface area contributed by atoms with Crippen LogP contribution in [0.2, 0.25) is 0 Å². The van der Waals surface area contributed by atoms with E-state index < -0.39 is 22.5 Å². The van der Waals surface area contributed by atoms with Crippen LogP contribution in [-0.4, -0.2) is 47.9 Å². The number of carbonyl (C=O) groups is 1. The normalized spacial score (nSPS) is 11.2. The maximum absolute atomic E-state index is 13.5. The Morgan fingerprint density at radius 1 is 1.00 bits per heavy atom. The second-order valence-electron chi connectivity index (χ2n) is 7.29. The second-order valence-corrected chi connectivity index (χ2v) is 10.1. The van der Waals surface area contributed by atoms with Crippen LogP contribution in [0, 0.1) is 0 Å². The van der Waals surface area contributed by atoms with Crippen LogP contribution in [-0.2, 0) is 14.8 Å². The minimum absolute atomic E-state index is 0.0406. The molecule has 0 bridgehead atoms. The highest BCUT2D eigenvalue weighted by Gasteiger charge is 2.27. The summed E-state index contributed by atoms with van der Waals surface area (Å²) in [7, 11) is -1.01. The number of carbonyl (C=O) groups excluding carboxylic acids is 1. The zero-order valence-electron chi connectivity index (χ0n) is 20.0. The number of sulfonamides is 1. The third kappa shape index (κ3) is 6.76. The Kier molecular flexibility index (Phi) is 9.31. The van der Waals surface area contributed by atoms with E-state index in [1.807, 2.05) is 6.92 Å². The van der Waals surface area contributed by atoms with Crippen LogP contribution in [0.15, 0.2) is 81.2 Å². The summed E-state index contributed by atoms with van der Waals surface area (Å²) in [5.41, 5.74) is 3.29. The van der Waals surface area contributed by atoms with Crippen molar-refractivity contribution in [3.63, 3.8) is 0 Å². The van der Waals surface area contributed by atoms with E-state index in [0.29, 0.717) is 35.1 Å². The molecule has 9 nitrogen and oxygen atoms in total. The number of ether oxygens (including phenoxy) is 3. The standard InChI is InChI=1S/C25H26BrN3O6S/c1-4-35-21-11-8-20(9-12-21)29(36(31,32)23-13-6-19(26)7-14-23)17-25(30)28-27-16-18-5-10-22(33-2)15-24(18)34-3/h5-16H,4,17H2,1-3H3,(H,28,30)/b27-16-. The van der Waals surface area contributed by atoms with Gasteiger partial charge in [0, 0.05) is 16.1 Å². The summed E-state index contributed by atoms with van der Waals surface area (Å²) in [5, 5.41) is 3.96. The Balaban J connectivity index is 1.84. The number of amides is 1. The summed E-state index contributed by atoms with van der Waals surface area (Å²) in [5.74, 6) is 1.07. The molecule has 190 valence electrons. The largest absolute Gasteiger partial charge is 0.497 e. The molecule has 0 fully saturated rings. The van der Waals surface area contributed by atoms with E-state index in [4.69, 9.17) is 14.2 Å². The Labute approximate surface area is 218 Å². The lowest BCUT2D eigenvalue weighted by Crippen LogP contribution is -2.39. The Hall–Kier alpha value is -3.57. The van der Waals surface area contributed by atoms with Crippen LogP contribution in [0.3, 0.4) is 0 Å². The van der Waals surface area contributed by atoms with Gasteiger partial charge in [0.2, 0.25) is 0 Å². The van der Waals surface area contributed by atoms with Crippen LogP contribution in [0.1, 0.15) is 12.5 Å². The fourth-order valence-corrected chi connectivity index (χ4v) is 4.87. The molecule has 1 amide bonds. The lowest BCUT2D eigenvalue weighted by atomic mass is 10.2. The van der Waals surface area contributed by atoms with Gasteiger partial charge in [0.05, 0.1) is 37.6 Å². The third-order valence-electron chi connectivity index (χ3n) is 4.96. The number of halogens is 1. The lowest BCUT2D eigenvalue weighted by Gasteiger charge is -2.24. The van der Waals surface area contributed by atoms with Gasteiger partial charge in [-0.2, -0.15) is 5.10 Å². The Morgan fingerprint density at radius 2 is 1.67 bits per heavy atom. The van der Waals surface area contributed by atoms with Gasteiger partial charge in [-0.1, -0.05) is 15.9 Å². The van der Waals surface area contributed by atoms with E-state index in [2.05, 4.69) is 26.5 Å². The molecule has 0 aliphatic rings. The molecular weight excluding hydrogens is 550 g/mol. The predicted octanol–water partition coefficient (Wildman–Crippen LogP) is 4.21. The first kappa shape index (κ1) is 27.0. The van der Waals surface area contributed by atoms with Crippen molar-refractivity contribution in [2.75, 3.05) is 31.7 Å². The number of methoxy groups -OCH3 is 2. The zero-order valence-corrected chi connectivity index (χ0v) is 22.4. The quantitative estimate of drug-likeness (QED) is 0.271. The summed E-state index contributed by atoms with van der Waals surface area (Å²) >= 11 is 3.30. The maximum Gasteiger partial charge on any atom is 0.264 e. The van der Waals surface area contributed by atoms with Gasteiger partial charge >= 0.3 is 0 Å². The molecule has 1 N–H and O–H groups in total. The van der Waals surface area contributed by atoms with Crippen molar-refractivity contribution >= 4 is 43.8 Å². The molecule has 0 unspecified atom stereocenters. The summed E-state index contributed by atoms with van der Waals surface area (Å²) in [6.45, 7) is 1.83. The van der Waals surface area contributed by atoms with Crippen molar-refractivity contribution in [2.45, 2.75) is 11.8 Å². The molecule has 3 aromatic carbocycles. The third-order valence-corrected chi connectivity index (χ3v) is 7.27. The number of hydrogen-bond acceptors (Lipinski definition) is 7. The average molecular weight is 576 g/mol. The topological polar surface area (TPSA) is 107 Å². The van der Waals surface area contributed by atoms with Crippen LogP contribution < -0.4 is 23.9 Å².